The highest BCUT2D eigenvalue weighted by atomic mass is 19.1. The topological polar surface area (TPSA) is 133 Å². The number of amides is 2. The average molecular weight is 544 g/mol. The molecule has 1 aliphatic rings. The van der Waals surface area contributed by atoms with Crippen LogP contribution in [-0.2, 0) is 15.8 Å². The molecule has 0 saturated heterocycles. The zero-order valence-corrected chi connectivity index (χ0v) is 21.7. The number of nitrogens with one attached hydrogen (secondary N) is 1. The molecule has 2 amide bonds. The van der Waals surface area contributed by atoms with Gasteiger partial charge in [0, 0.05) is 18.1 Å². The van der Waals surface area contributed by atoms with E-state index in [2.05, 4.69) is 10.3 Å². The summed E-state index contributed by atoms with van der Waals surface area (Å²) in [5, 5.41) is 14.1. The molecule has 0 spiro atoms. The number of nitrogens with two attached hydrogens (primary N) is 1. The van der Waals surface area contributed by atoms with Crippen molar-refractivity contribution >= 4 is 11.8 Å². The van der Waals surface area contributed by atoms with E-state index in [0.717, 1.165) is 0 Å². The van der Waals surface area contributed by atoms with Crippen LogP contribution in [0.2, 0.25) is 0 Å². The Bertz CT molecular complexity index is 1400. The highest BCUT2D eigenvalue weighted by molar-refractivity contribution is 5.95. The van der Waals surface area contributed by atoms with E-state index in [4.69, 9.17) is 19.9 Å². The van der Waals surface area contributed by atoms with Crippen molar-refractivity contribution in [3.05, 3.63) is 71.2 Å². The minimum atomic E-state index is -1.70. The second kappa shape index (κ2) is 10.9. The molecule has 4 rings (SSSR count). The Hall–Kier alpha value is -4.25. The van der Waals surface area contributed by atoms with Gasteiger partial charge in [-0.15, -0.1) is 0 Å². The maximum absolute atomic E-state index is 13.6. The number of carbonyl (C=O) groups is 2. The van der Waals surface area contributed by atoms with Gasteiger partial charge in [0.1, 0.15) is 48.2 Å². The van der Waals surface area contributed by atoms with Crippen LogP contribution in [0.25, 0.3) is 11.3 Å². The highest BCUT2D eigenvalue weighted by Gasteiger charge is 2.45. The number of alkyl halides is 1. The summed E-state index contributed by atoms with van der Waals surface area (Å²) < 4.78 is 42.4. The van der Waals surface area contributed by atoms with Gasteiger partial charge in [0.25, 0.3) is 5.91 Å². The van der Waals surface area contributed by atoms with Crippen LogP contribution in [-0.4, -0.2) is 55.4 Å². The van der Waals surface area contributed by atoms with Gasteiger partial charge in [-0.25, -0.2) is 13.8 Å². The van der Waals surface area contributed by atoms with Crippen LogP contribution in [0.3, 0.4) is 0 Å². The summed E-state index contributed by atoms with van der Waals surface area (Å²) >= 11 is 0. The lowest BCUT2D eigenvalue weighted by atomic mass is 9.82. The molecular formula is C28H31F2N3O6. The van der Waals surface area contributed by atoms with E-state index < -0.39 is 35.3 Å². The van der Waals surface area contributed by atoms with E-state index >= 15 is 0 Å². The summed E-state index contributed by atoms with van der Waals surface area (Å²) in [6.07, 6.45) is 0. The molecule has 2 aromatic carbocycles. The number of carbonyl (C=O) groups excluding carboxylic acids is 2. The second-order valence-electron chi connectivity index (χ2n) is 9.58. The molecule has 4 N–H and O–H groups in total. The zero-order chi connectivity index (χ0) is 28.4. The number of hydrogen-bond acceptors (Lipinski definition) is 7. The summed E-state index contributed by atoms with van der Waals surface area (Å²) in [5.74, 6) is -0.733. The molecule has 39 heavy (non-hydrogen) atoms. The molecule has 1 aromatic heterocycles. The van der Waals surface area contributed by atoms with Gasteiger partial charge in [0.05, 0.1) is 19.3 Å². The number of ether oxygens (including phenoxy) is 3. The van der Waals surface area contributed by atoms with Crippen molar-refractivity contribution in [1.82, 2.24) is 10.3 Å². The summed E-state index contributed by atoms with van der Waals surface area (Å²) in [6, 6.07) is 11.5. The SMILES string of the molecule is COc1cc(C(=O)NC[C@](C)(O)c2cc3c(c(-c4ccc(F)cc4)n2)OC[C@@]3(C)C(N)=O)ccc1OCCF.[HH]. The quantitative estimate of drug-likeness (QED) is 0.358. The third-order valence-corrected chi connectivity index (χ3v) is 6.64. The van der Waals surface area contributed by atoms with Crippen LogP contribution in [0.15, 0.2) is 48.5 Å². The van der Waals surface area contributed by atoms with E-state index in [1.54, 1.807) is 6.92 Å². The predicted octanol–water partition coefficient (Wildman–Crippen LogP) is 3.26. The first kappa shape index (κ1) is 27.8. The van der Waals surface area contributed by atoms with Gasteiger partial charge in [0.15, 0.2) is 11.5 Å². The number of rotatable bonds is 10. The molecule has 3 aromatic rings. The van der Waals surface area contributed by atoms with Crippen molar-refractivity contribution < 1.29 is 39.1 Å². The minimum Gasteiger partial charge on any atom is -0.493 e. The van der Waals surface area contributed by atoms with Crippen LogP contribution >= 0.6 is 0 Å². The Balaban J connectivity index is 0.00000441. The van der Waals surface area contributed by atoms with Crippen LogP contribution in [0, 0.1) is 5.82 Å². The number of benzene rings is 2. The first-order valence-electron chi connectivity index (χ1n) is 12.1. The summed E-state index contributed by atoms with van der Waals surface area (Å²) in [4.78, 5) is 29.9. The summed E-state index contributed by atoms with van der Waals surface area (Å²) in [5.41, 5.74) is 4.40. The van der Waals surface area contributed by atoms with E-state index in [1.165, 1.54) is 62.6 Å². The predicted molar refractivity (Wildman–Crippen MR) is 140 cm³/mol. The fourth-order valence-corrected chi connectivity index (χ4v) is 4.19. The van der Waals surface area contributed by atoms with Crippen molar-refractivity contribution in [2.45, 2.75) is 24.9 Å². The zero-order valence-electron chi connectivity index (χ0n) is 21.7. The van der Waals surface area contributed by atoms with Crippen molar-refractivity contribution in [3.63, 3.8) is 0 Å². The number of pyridine rings is 1. The second-order valence-corrected chi connectivity index (χ2v) is 9.58. The highest BCUT2D eigenvalue weighted by Crippen LogP contribution is 2.45. The molecule has 0 aliphatic carbocycles. The van der Waals surface area contributed by atoms with E-state index in [1.807, 2.05) is 0 Å². The number of hydrogen-bond donors (Lipinski definition) is 3. The molecule has 208 valence electrons. The molecule has 0 radical (unpaired) electrons. The van der Waals surface area contributed by atoms with Crippen molar-refractivity contribution in [2.75, 3.05) is 33.5 Å². The molecule has 1 aliphatic heterocycles. The molecule has 0 fully saturated rings. The Kier molecular flexibility index (Phi) is 7.73. The number of methoxy groups -OCH3 is 1. The molecule has 9 nitrogen and oxygen atoms in total. The molecule has 2 atom stereocenters. The maximum atomic E-state index is 13.6. The van der Waals surface area contributed by atoms with Crippen molar-refractivity contribution in [2.24, 2.45) is 5.73 Å². The van der Waals surface area contributed by atoms with E-state index in [9.17, 15) is 23.5 Å². The molecule has 0 saturated carbocycles. The number of aromatic nitrogens is 1. The standard InChI is InChI=1S/C28H29F2N3O6.H2/c1-27(26(31)35)15-39-24-19(27)13-22(33-23(24)16-4-7-18(30)8-5-16)28(2,36)14-32-25(34)17-6-9-20(38-11-10-29)21(12-17)37-3;/h4-9,12-13,36H,10-11,14-15H2,1-3H3,(H2,31,35)(H,32,34);1H/t27-,28+;/m1./s1. The fourth-order valence-electron chi connectivity index (χ4n) is 4.19. The van der Waals surface area contributed by atoms with Crippen molar-refractivity contribution in [3.8, 4) is 28.5 Å². The first-order valence-corrected chi connectivity index (χ1v) is 12.1. The summed E-state index contributed by atoms with van der Waals surface area (Å²) in [6.45, 7) is 1.98. The Morgan fingerprint density at radius 3 is 2.59 bits per heavy atom. The monoisotopic (exact) mass is 543 g/mol. The van der Waals surface area contributed by atoms with Gasteiger partial charge in [-0.05, 0) is 62.4 Å². The van der Waals surface area contributed by atoms with Crippen molar-refractivity contribution in [1.29, 1.82) is 0 Å². The molecule has 0 bridgehead atoms. The maximum Gasteiger partial charge on any atom is 0.251 e. The number of halogens is 2. The Morgan fingerprint density at radius 1 is 1.23 bits per heavy atom. The number of aliphatic hydroxyl groups is 1. The third-order valence-electron chi connectivity index (χ3n) is 6.64. The van der Waals surface area contributed by atoms with Crippen LogP contribution in [0.5, 0.6) is 17.2 Å². The van der Waals surface area contributed by atoms with Gasteiger partial charge >= 0.3 is 0 Å². The summed E-state index contributed by atoms with van der Waals surface area (Å²) in [7, 11) is 1.39. The van der Waals surface area contributed by atoms with Crippen LogP contribution < -0.4 is 25.3 Å². The van der Waals surface area contributed by atoms with Gasteiger partial charge in [-0.2, -0.15) is 0 Å². The van der Waals surface area contributed by atoms with Crippen LogP contribution in [0.1, 0.15) is 36.9 Å². The number of primary amides is 1. The lowest BCUT2D eigenvalue weighted by molar-refractivity contribution is -0.123. The van der Waals surface area contributed by atoms with E-state index in [-0.39, 0.29) is 43.9 Å². The molecule has 11 heteroatoms. The average Bonchev–Trinajstić information content (AvgIpc) is 3.28. The van der Waals surface area contributed by atoms with Gasteiger partial charge in [-0.3, -0.25) is 9.59 Å². The molecule has 0 unspecified atom stereocenters. The minimum absolute atomic E-state index is 0. The van der Waals surface area contributed by atoms with E-state index in [0.29, 0.717) is 22.6 Å². The normalized spacial score (nSPS) is 17.5. The Morgan fingerprint density at radius 2 is 1.95 bits per heavy atom. The fraction of sp³-hybridized carbons (Fsp3) is 0.321. The lowest BCUT2D eigenvalue weighted by Gasteiger charge is -2.26. The smallest absolute Gasteiger partial charge is 0.251 e. The lowest BCUT2D eigenvalue weighted by Crippen LogP contribution is -2.41. The first-order chi connectivity index (χ1) is 18.5. The van der Waals surface area contributed by atoms with Gasteiger partial charge in [-0.1, -0.05) is 0 Å². The number of fused-ring (bicyclic) bond motifs is 1. The molecule has 2 heterocycles. The third kappa shape index (κ3) is 5.49. The number of nitrogens with zero attached hydrogens (tertiary/aromatic N) is 1. The van der Waals surface area contributed by atoms with Gasteiger partial charge in [0.2, 0.25) is 5.91 Å². The van der Waals surface area contributed by atoms with Crippen LogP contribution in [0.4, 0.5) is 8.78 Å². The largest absolute Gasteiger partial charge is 0.493 e. The Labute approximate surface area is 225 Å². The van der Waals surface area contributed by atoms with Gasteiger partial charge < -0.3 is 30.4 Å². The molecular weight excluding hydrogens is 512 g/mol.